The van der Waals surface area contributed by atoms with Crippen molar-refractivity contribution in [3.63, 3.8) is 0 Å². The molecule has 0 aromatic heterocycles. The molecule has 0 aromatic carbocycles. The van der Waals surface area contributed by atoms with Crippen LogP contribution in [0.3, 0.4) is 0 Å². The van der Waals surface area contributed by atoms with Crippen molar-refractivity contribution < 1.29 is 4.74 Å². The predicted octanol–water partition coefficient (Wildman–Crippen LogP) is 1.36. The van der Waals surface area contributed by atoms with Crippen LogP contribution >= 0.6 is 24.0 Å². The van der Waals surface area contributed by atoms with Crippen molar-refractivity contribution >= 4 is 28.3 Å². The number of thioether (sulfide) groups is 1. The minimum atomic E-state index is 0.128. The summed E-state index contributed by atoms with van der Waals surface area (Å²) >= 11 is 6.70. The predicted molar refractivity (Wildman–Crippen MR) is 48.2 cm³/mol. The van der Waals surface area contributed by atoms with E-state index in [1.54, 1.807) is 18.9 Å². The minimum absolute atomic E-state index is 0.128. The Morgan fingerprint density at radius 3 is 3.00 bits per heavy atom. The fourth-order valence-corrected chi connectivity index (χ4v) is 2.37. The highest BCUT2D eigenvalue weighted by Gasteiger charge is 2.20. The Kier molecular flexibility index (Phi) is 2.95. The number of hydrogen-bond acceptors (Lipinski definition) is 3. The van der Waals surface area contributed by atoms with Crippen LogP contribution in [0.1, 0.15) is 13.3 Å². The molecular weight excluding hydrogens is 166 g/mol. The van der Waals surface area contributed by atoms with Gasteiger partial charge in [0.1, 0.15) is 10.5 Å². The Morgan fingerprint density at radius 2 is 2.50 bits per heavy atom. The van der Waals surface area contributed by atoms with Gasteiger partial charge in [0.15, 0.2) is 0 Å². The number of rotatable bonds is 1. The lowest BCUT2D eigenvalue weighted by Gasteiger charge is -2.27. The van der Waals surface area contributed by atoms with Gasteiger partial charge in [-0.25, -0.2) is 0 Å². The van der Waals surface area contributed by atoms with Gasteiger partial charge >= 0.3 is 0 Å². The first-order chi connectivity index (χ1) is 4.72. The first kappa shape index (κ1) is 8.30. The van der Waals surface area contributed by atoms with Gasteiger partial charge in [-0.15, -0.1) is 0 Å². The van der Waals surface area contributed by atoms with E-state index in [4.69, 9.17) is 17.0 Å². The average molecular weight is 177 g/mol. The van der Waals surface area contributed by atoms with E-state index in [1.807, 2.05) is 0 Å². The molecule has 58 valence electrons. The van der Waals surface area contributed by atoms with Crippen molar-refractivity contribution in [2.75, 3.05) is 7.11 Å². The Labute approximate surface area is 70.7 Å². The van der Waals surface area contributed by atoms with Crippen molar-refractivity contribution in [2.45, 2.75) is 24.8 Å². The molecule has 0 saturated carbocycles. The Balaban J connectivity index is 2.42. The van der Waals surface area contributed by atoms with Crippen molar-refractivity contribution in [1.29, 1.82) is 0 Å². The third-order valence-electron chi connectivity index (χ3n) is 1.42. The molecule has 0 spiro atoms. The summed E-state index contributed by atoms with van der Waals surface area (Å²) in [5.74, 6) is 0. The molecule has 1 N–H and O–H groups in total. The summed E-state index contributed by atoms with van der Waals surface area (Å²) in [6.45, 7) is 2.16. The van der Waals surface area contributed by atoms with E-state index >= 15 is 0 Å². The zero-order chi connectivity index (χ0) is 7.56. The first-order valence-electron chi connectivity index (χ1n) is 3.22. The molecular formula is C6H11NOS2. The van der Waals surface area contributed by atoms with Gasteiger partial charge in [-0.1, -0.05) is 30.9 Å². The molecule has 0 unspecified atom stereocenters. The van der Waals surface area contributed by atoms with Gasteiger partial charge in [-0.05, 0) is 0 Å². The number of hydrogen-bond donors (Lipinski definition) is 1. The third kappa shape index (κ3) is 2.11. The molecule has 0 radical (unpaired) electrons. The second-order valence-electron chi connectivity index (χ2n) is 2.32. The van der Waals surface area contributed by atoms with E-state index in [0.717, 1.165) is 10.7 Å². The molecule has 0 aromatic rings. The van der Waals surface area contributed by atoms with Gasteiger partial charge in [0.05, 0.1) is 0 Å². The summed E-state index contributed by atoms with van der Waals surface area (Å²) in [6, 6.07) is 0. The molecule has 1 aliphatic rings. The van der Waals surface area contributed by atoms with Gasteiger partial charge in [0.2, 0.25) is 0 Å². The summed E-state index contributed by atoms with van der Waals surface area (Å²) in [7, 11) is 1.70. The Hall–Kier alpha value is 0.200. The van der Waals surface area contributed by atoms with Crippen molar-refractivity contribution in [1.82, 2.24) is 5.32 Å². The maximum Gasteiger partial charge on any atom is 0.136 e. The first-order valence-corrected chi connectivity index (χ1v) is 4.51. The molecule has 0 amide bonds. The summed E-state index contributed by atoms with van der Waals surface area (Å²) in [6.07, 6.45) is 1.16. The maximum absolute atomic E-state index is 5.12. The number of ether oxygens (including phenoxy) is 1. The quantitative estimate of drug-likeness (QED) is 0.610. The zero-order valence-electron chi connectivity index (χ0n) is 6.09. The van der Waals surface area contributed by atoms with Crippen molar-refractivity contribution in [3.05, 3.63) is 0 Å². The highest BCUT2D eigenvalue weighted by Crippen LogP contribution is 2.22. The largest absolute Gasteiger partial charge is 0.362 e. The van der Waals surface area contributed by atoms with Gasteiger partial charge in [0, 0.05) is 18.8 Å². The normalized spacial score (nSPS) is 33.6. The number of nitrogens with one attached hydrogen (secondary N) is 1. The van der Waals surface area contributed by atoms with Crippen LogP contribution in [0.2, 0.25) is 0 Å². The van der Waals surface area contributed by atoms with Gasteiger partial charge in [-0.2, -0.15) is 0 Å². The van der Waals surface area contributed by atoms with E-state index in [9.17, 15) is 0 Å². The van der Waals surface area contributed by atoms with E-state index in [-0.39, 0.29) is 6.23 Å². The molecule has 10 heavy (non-hydrogen) atoms. The molecule has 0 bridgehead atoms. The van der Waals surface area contributed by atoms with Crippen LogP contribution in [0.15, 0.2) is 0 Å². The van der Waals surface area contributed by atoms with E-state index in [1.165, 1.54) is 0 Å². The molecule has 1 heterocycles. The van der Waals surface area contributed by atoms with Crippen LogP contribution in [0.25, 0.3) is 0 Å². The van der Waals surface area contributed by atoms with Crippen LogP contribution in [-0.2, 0) is 4.74 Å². The molecule has 1 saturated heterocycles. The lowest BCUT2D eigenvalue weighted by molar-refractivity contribution is 0.0838. The molecule has 0 aliphatic carbocycles. The standard InChI is InChI=1S/C6H11NOS2/c1-4-3-5(8-2)7-6(9)10-4/h4-5H,3H2,1-2H3,(H,7,9)/t4-,5-/m1/s1. The van der Waals surface area contributed by atoms with Crippen LogP contribution < -0.4 is 5.32 Å². The molecule has 1 fully saturated rings. The smallest absolute Gasteiger partial charge is 0.136 e. The number of methoxy groups -OCH3 is 1. The fourth-order valence-electron chi connectivity index (χ4n) is 0.912. The van der Waals surface area contributed by atoms with Crippen LogP contribution in [0.5, 0.6) is 0 Å². The molecule has 1 aliphatic heterocycles. The number of thiocarbonyl (C=S) groups is 1. The van der Waals surface area contributed by atoms with E-state index in [0.29, 0.717) is 5.25 Å². The summed E-state index contributed by atoms with van der Waals surface area (Å²) in [5, 5.41) is 3.65. The average Bonchev–Trinajstić information content (AvgIpc) is 1.85. The van der Waals surface area contributed by atoms with Gasteiger partial charge < -0.3 is 10.1 Å². The summed E-state index contributed by atoms with van der Waals surface area (Å²) < 4.78 is 5.97. The SMILES string of the molecule is CO[C@@H]1C[C@@H](C)SC(=S)N1. The topological polar surface area (TPSA) is 21.3 Å². The lowest BCUT2D eigenvalue weighted by Crippen LogP contribution is -2.40. The van der Waals surface area contributed by atoms with E-state index in [2.05, 4.69) is 12.2 Å². The monoisotopic (exact) mass is 177 g/mol. The lowest BCUT2D eigenvalue weighted by atomic mass is 10.3. The van der Waals surface area contributed by atoms with E-state index < -0.39 is 0 Å². The molecule has 4 heteroatoms. The van der Waals surface area contributed by atoms with Crippen LogP contribution in [-0.4, -0.2) is 22.9 Å². The summed E-state index contributed by atoms with van der Waals surface area (Å²) in [5.41, 5.74) is 0. The van der Waals surface area contributed by atoms with Crippen LogP contribution in [0, 0.1) is 0 Å². The highest BCUT2D eigenvalue weighted by molar-refractivity contribution is 8.23. The second-order valence-corrected chi connectivity index (χ2v) is 4.44. The van der Waals surface area contributed by atoms with Crippen molar-refractivity contribution in [3.8, 4) is 0 Å². The molecule has 2 nitrogen and oxygen atoms in total. The highest BCUT2D eigenvalue weighted by atomic mass is 32.2. The maximum atomic E-state index is 5.12. The molecule has 2 atom stereocenters. The van der Waals surface area contributed by atoms with Gasteiger partial charge in [-0.3, -0.25) is 0 Å². The second kappa shape index (κ2) is 3.55. The van der Waals surface area contributed by atoms with Crippen LogP contribution in [0.4, 0.5) is 0 Å². The third-order valence-corrected chi connectivity index (χ3v) is 2.75. The Bertz CT molecular complexity index is 140. The van der Waals surface area contributed by atoms with Gasteiger partial charge in [0.25, 0.3) is 0 Å². The fraction of sp³-hybridized carbons (Fsp3) is 0.833. The molecule has 1 rings (SSSR count). The van der Waals surface area contributed by atoms with Crippen molar-refractivity contribution in [2.24, 2.45) is 0 Å². The summed E-state index contributed by atoms with van der Waals surface area (Å²) in [4.78, 5) is 0. The minimum Gasteiger partial charge on any atom is -0.362 e. The Morgan fingerprint density at radius 1 is 1.80 bits per heavy atom. The zero-order valence-corrected chi connectivity index (χ0v) is 7.72.